The maximum absolute atomic E-state index is 13.6. The number of hydrogen-bond acceptors (Lipinski definition) is 2. The summed E-state index contributed by atoms with van der Waals surface area (Å²) in [4.78, 5) is 12.7. The van der Waals surface area contributed by atoms with Crippen molar-refractivity contribution in [1.82, 2.24) is 5.32 Å². The van der Waals surface area contributed by atoms with E-state index in [0.29, 0.717) is 16.8 Å². The standard InChI is InChI=1S/C17H14FNOS/c1-11-5-2-3-6-12(11)10-19-17(20)16-9-13-14(18)7-4-8-15(13)21-16/h2-9H,10H2,1H3,(H,19,20). The molecule has 0 saturated heterocycles. The smallest absolute Gasteiger partial charge is 0.261 e. The predicted molar refractivity (Wildman–Crippen MR) is 84.1 cm³/mol. The lowest BCUT2D eigenvalue weighted by Crippen LogP contribution is -2.22. The van der Waals surface area contributed by atoms with Crippen molar-refractivity contribution in [2.24, 2.45) is 0 Å². The zero-order valence-electron chi connectivity index (χ0n) is 11.5. The Morgan fingerprint density at radius 2 is 2.00 bits per heavy atom. The number of carbonyl (C=O) groups is 1. The van der Waals surface area contributed by atoms with E-state index in [9.17, 15) is 9.18 Å². The minimum absolute atomic E-state index is 0.168. The first-order chi connectivity index (χ1) is 10.1. The molecule has 3 rings (SSSR count). The molecule has 21 heavy (non-hydrogen) atoms. The first-order valence-corrected chi connectivity index (χ1v) is 7.47. The summed E-state index contributed by atoms with van der Waals surface area (Å²) in [6.45, 7) is 2.48. The van der Waals surface area contributed by atoms with Gasteiger partial charge in [-0.15, -0.1) is 11.3 Å². The van der Waals surface area contributed by atoms with Crippen molar-refractivity contribution in [1.29, 1.82) is 0 Å². The van der Waals surface area contributed by atoms with E-state index in [4.69, 9.17) is 0 Å². The molecule has 0 saturated carbocycles. The summed E-state index contributed by atoms with van der Waals surface area (Å²) < 4.78 is 14.4. The van der Waals surface area contributed by atoms with E-state index < -0.39 is 0 Å². The van der Waals surface area contributed by atoms with Crippen LogP contribution in [0.25, 0.3) is 10.1 Å². The van der Waals surface area contributed by atoms with Gasteiger partial charge in [0.25, 0.3) is 5.91 Å². The van der Waals surface area contributed by atoms with Gasteiger partial charge in [-0.05, 0) is 36.2 Å². The number of thiophene rings is 1. The molecule has 0 aliphatic carbocycles. The number of benzene rings is 2. The summed E-state index contributed by atoms with van der Waals surface area (Å²) in [7, 11) is 0. The number of nitrogens with one attached hydrogen (secondary N) is 1. The number of rotatable bonds is 3. The molecule has 1 amide bonds. The van der Waals surface area contributed by atoms with Crippen LogP contribution in [0.5, 0.6) is 0 Å². The van der Waals surface area contributed by atoms with Crippen LogP contribution >= 0.6 is 11.3 Å². The lowest BCUT2D eigenvalue weighted by Gasteiger charge is -2.06. The molecular formula is C17H14FNOS. The van der Waals surface area contributed by atoms with Gasteiger partial charge in [0, 0.05) is 16.6 Å². The fourth-order valence-corrected chi connectivity index (χ4v) is 3.20. The van der Waals surface area contributed by atoms with Gasteiger partial charge < -0.3 is 5.32 Å². The quantitative estimate of drug-likeness (QED) is 0.768. The fourth-order valence-electron chi connectivity index (χ4n) is 2.21. The van der Waals surface area contributed by atoms with E-state index in [2.05, 4.69) is 5.32 Å². The molecule has 1 aromatic heterocycles. The monoisotopic (exact) mass is 299 g/mol. The lowest BCUT2D eigenvalue weighted by molar-refractivity contribution is 0.0955. The molecule has 0 unspecified atom stereocenters. The van der Waals surface area contributed by atoms with E-state index in [1.807, 2.05) is 37.3 Å². The Morgan fingerprint density at radius 1 is 1.19 bits per heavy atom. The second-order valence-corrected chi connectivity index (χ2v) is 5.96. The minimum atomic E-state index is -0.290. The van der Waals surface area contributed by atoms with Gasteiger partial charge in [-0.3, -0.25) is 4.79 Å². The first-order valence-electron chi connectivity index (χ1n) is 6.66. The molecule has 0 aliphatic heterocycles. The number of halogens is 1. The third-order valence-electron chi connectivity index (χ3n) is 3.43. The molecule has 4 heteroatoms. The third kappa shape index (κ3) is 2.81. The molecule has 0 atom stereocenters. The van der Waals surface area contributed by atoms with Gasteiger partial charge in [0.2, 0.25) is 0 Å². The summed E-state index contributed by atoms with van der Waals surface area (Å²) in [5.41, 5.74) is 2.22. The number of fused-ring (bicyclic) bond motifs is 1. The van der Waals surface area contributed by atoms with Crippen molar-refractivity contribution in [3.8, 4) is 0 Å². The third-order valence-corrected chi connectivity index (χ3v) is 4.53. The maximum Gasteiger partial charge on any atom is 0.261 e. The number of hydrogen-bond donors (Lipinski definition) is 1. The zero-order valence-corrected chi connectivity index (χ0v) is 12.3. The summed E-state index contributed by atoms with van der Waals surface area (Å²) >= 11 is 1.31. The lowest BCUT2D eigenvalue weighted by atomic mass is 10.1. The van der Waals surface area contributed by atoms with Gasteiger partial charge in [-0.2, -0.15) is 0 Å². The van der Waals surface area contributed by atoms with Gasteiger partial charge in [0.15, 0.2) is 0 Å². The van der Waals surface area contributed by atoms with Crippen molar-refractivity contribution in [3.05, 3.63) is 70.4 Å². The van der Waals surface area contributed by atoms with E-state index in [-0.39, 0.29) is 11.7 Å². The van der Waals surface area contributed by atoms with Gasteiger partial charge in [0.05, 0.1) is 4.88 Å². The Hall–Kier alpha value is -2.20. The van der Waals surface area contributed by atoms with Crippen LogP contribution in [0.15, 0.2) is 48.5 Å². The second-order valence-electron chi connectivity index (χ2n) is 4.87. The summed E-state index contributed by atoms with van der Waals surface area (Å²) in [5.74, 6) is -0.458. The van der Waals surface area contributed by atoms with E-state index in [1.54, 1.807) is 12.1 Å². The predicted octanol–water partition coefficient (Wildman–Crippen LogP) is 4.28. The Morgan fingerprint density at radius 3 is 2.76 bits per heavy atom. The van der Waals surface area contributed by atoms with Gasteiger partial charge >= 0.3 is 0 Å². The Balaban J connectivity index is 1.78. The van der Waals surface area contributed by atoms with Gasteiger partial charge in [-0.1, -0.05) is 30.3 Å². The molecular weight excluding hydrogens is 285 g/mol. The summed E-state index contributed by atoms with van der Waals surface area (Å²) in [5, 5.41) is 3.39. The summed E-state index contributed by atoms with van der Waals surface area (Å²) in [6.07, 6.45) is 0. The van der Waals surface area contributed by atoms with Crippen LogP contribution < -0.4 is 5.32 Å². The number of amides is 1. The average Bonchev–Trinajstić information content (AvgIpc) is 2.92. The van der Waals surface area contributed by atoms with E-state index >= 15 is 0 Å². The highest BCUT2D eigenvalue weighted by Crippen LogP contribution is 2.27. The van der Waals surface area contributed by atoms with Crippen molar-refractivity contribution >= 4 is 27.3 Å². The number of aryl methyl sites for hydroxylation is 1. The molecule has 2 aromatic carbocycles. The Labute approximate surface area is 126 Å². The van der Waals surface area contributed by atoms with Crippen LogP contribution in [0, 0.1) is 12.7 Å². The molecule has 0 spiro atoms. The molecule has 1 N–H and O–H groups in total. The largest absolute Gasteiger partial charge is 0.347 e. The van der Waals surface area contributed by atoms with Crippen LogP contribution in [0.1, 0.15) is 20.8 Å². The highest BCUT2D eigenvalue weighted by molar-refractivity contribution is 7.20. The van der Waals surface area contributed by atoms with Crippen molar-refractivity contribution in [2.45, 2.75) is 13.5 Å². The molecule has 106 valence electrons. The van der Waals surface area contributed by atoms with Gasteiger partial charge in [-0.25, -0.2) is 4.39 Å². The average molecular weight is 299 g/mol. The fraction of sp³-hybridized carbons (Fsp3) is 0.118. The minimum Gasteiger partial charge on any atom is -0.347 e. The van der Waals surface area contributed by atoms with Crippen LogP contribution in [-0.2, 0) is 6.54 Å². The highest BCUT2D eigenvalue weighted by Gasteiger charge is 2.12. The molecule has 0 bridgehead atoms. The van der Waals surface area contributed by atoms with Crippen molar-refractivity contribution in [3.63, 3.8) is 0 Å². The van der Waals surface area contributed by atoms with Crippen LogP contribution in [0.4, 0.5) is 4.39 Å². The SMILES string of the molecule is Cc1ccccc1CNC(=O)c1cc2c(F)cccc2s1. The molecule has 0 aliphatic rings. The number of carbonyl (C=O) groups excluding carboxylic acids is 1. The molecule has 1 heterocycles. The van der Waals surface area contributed by atoms with Crippen LogP contribution in [-0.4, -0.2) is 5.91 Å². The van der Waals surface area contributed by atoms with Crippen molar-refractivity contribution < 1.29 is 9.18 Å². The summed E-state index contributed by atoms with van der Waals surface area (Å²) in [6, 6.07) is 14.4. The molecule has 3 aromatic rings. The topological polar surface area (TPSA) is 29.1 Å². The van der Waals surface area contributed by atoms with Crippen LogP contribution in [0.3, 0.4) is 0 Å². The molecule has 0 fully saturated rings. The highest BCUT2D eigenvalue weighted by atomic mass is 32.1. The van der Waals surface area contributed by atoms with Crippen LogP contribution in [0.2, 0.25) is 0 Å². The molecule has 0 radical (unpaired) electrons. The zero-order chi connectivity index (χ0) is 14.8. The van der Waals surface area contributed by atoms with E-state index in [0.717, 1.165) is 15.8 Å². The first kappa shape index (κ1) is 13.8. The van der Waals surface area contributed by atoms with Crippen molar-refractivity contribution in [2.75, 3.05) is 0 Å². The molecule has 2 nitrogen and oxygen atoms in total. The van der Waals surface area contributed by atoms with E-state index in [1.165, 1.54) is 17.4 Å². The second kappa shape index (κ2) is 5.66. The normalized spacial score (nSPS) is 10.8. The maximum atomic E-state index is 13.6. The Bertz CT molecular complexity index is 809. The Kier molecular flexibility index (Phi) is 3.71. The van der Waals surface area contributed by atoms with Gasteiger partial charge in [0.1, 0.15) is 5.82 Å².